The van der Waals surface area contributed by atoms with E-state index in [1.54, 1.807) is 12.1 Å². The van der Waals surface area contributed by atoms with Crippen LogP contribution in [-0.2, 0) is 14.8 Å². The van der Waals surface area contributed by atoms with Crippen LogP contribution in [0, 0.1) is 0 Å². The van der Waals surface area contributed by atoms with Gasteiger partial charge in [0.2, 0.25) is 5.91 Å². The Labute approximate surface area is 141 Å². The van der Waals surface area contributed by atoms with Gasteiger partial charge in [-0.3, -0.25) is 9.52 Å². The summed E-state index contributed by atoms with van der Waals surface area (Å²) in [5.41, 5.74) is 0.886. The number of anilines is 2. The van der Waals surface area contributed by atoms with Crippen LogP contribution in [-0.4, -0.2) is 14.3 Å². The lowest BCUT2D eigenvalue weighted by atomic mass is 10.3. The number of sulfonamides is 1. The Bertz CT molecular complexity index is 807. The lowest BCUT2D eigenvalue weighted by molar-refractivity contribution is -0.114. The summed E-state index contributed by atoms with van der Waals surface area (Å²) in [6.45, 7) is 1.38. The van der Waals surface area contributed by atoms with Gasteiger partial charge in [0.25, 0.3) is 10.0 Å². The van der Waals surface area contributed by atoms with Crippen LogP contribution < -0.4 is 10.0 Å². The van der Waals surface area contributed by atoms with Gasteiger partial charge >= 0.3 is 0 Å². The van der Waals surface area contributed by atoms with Crippen molar-refractivity contribution in [3.05, 3.63) is 52.0 Å². The maximum Gasteiger partial charge on any atom is 0.261 e. The average Bonchev–Trinajstić information content (AvgIpc) is 2.42. The largest absolute Gasteiger partial charge is 0.326 e. The number of amides is 1. The van der Waals surface area contributed by atoms with Gasteiger partial charge in [-0.25, -0.2) is 8.42 Å². The number of rotatable bonds is 4. The molecular weight excluding hydrogens is 392 g/mol. The second kappa shape index (κ2) is 6.68. The highest BCUT2D eigenvalue weighted by atomic mass is 79.9. The van der Waals surface area contributed by atoms with Crippen LogP contribution in [0.2, 0.25) is 5.02 Å². The van der Waals surface area contributed by atoms with E-state index in [9.17, 15) is 13.2 Å². The van der Waals surface area contributed by atoms with Crippen LogP contribution in [0.3, 0.4) is 0 Å². The molecule has 0 aliphatic heterocycles. The van der Waals surface area contributed by atoms with Crippen molar-refractivity contribution < 1.29 is 13.2 Å². The minimum absolute atomic E-state index is 0.0839. The lowest BCUT2D eigenvalue weighted by Gasteiger charge is -2.10. The van der Waals surface area contributed by atoms with E-state index in [2.05, 4.69) is 26.0 Å². The van der Waals surface area contributed by atoms with Gasteiger partial charge in [-0.05, 0) is 58.4 Å². The standard InChI is InChI=1S/C14H12BrClN2O3S/c1-9(19)17-10-2-5-12(6-3-10)22(20,21)18-11-4-7-13(15)14(16)8-11/h2-8,18H,1H3,(H,17,19). The predicted octanol–water partition coefficient (Wildman–Crippen LogP) is 3.86. The molecular formula is C14H12BrClN2O3S. The molecule has 0 fully saturated rings. The van der Waals surface area contributed by atoms with Gasteiger partial charge in [0, 0.05) is 17.1 Å². The van der Waals surface area contributed by atoms with Gasteiger partial charge in [0.15, 0.2) is 0 Å². The van der Waals surface area contributed by atoms with Gasteiger partial charge in [0.1, 0.15) is 0 Å². The smallest absolute Gasteiger partial charge is 0.261 e. The predicted molar refractivity (Wildman–Crippen MR) is 90.7 cm³/mol. The van der Waals surface area contributed by atoms with Crippen molar-refractivity contribution in [2.75, 3.05) is 10.0 Å². The third-order valence-electron chi connectivity index (χ3n) is 2.66. The van der Waals surface area contributed by atoms with Gasteiger partial charge in [0.05, 0.1) is 15.6 Å². The van der Waals surface area contributed by atoms with Crippen molar-refractivity contribution in [3.63, 3.8) is 0 Å². The normalized spacial score (nSPS) is 11.0. The van der Waals surface area contributed by atoms with Crippen molar-refractivity contribution in [2.45, 2.75) is 11.8 Å². The van der Waals surface area contributed by atoms with Crippen molar-refractivity contribution in [1.82, 2.24) is 0 Å². The van der Waals surface area contributed by atoms with Crippen LogP contribution in [0.15, 0.2) is 51.8 Å². The summed E-state index contributed by atoms with van der Waals surface area (Å²) in [4.78, 5) is 11.0. The van der Waals surface area contributed by atoms with Crippen LogP contribution >= 0.6 is 27.5 Å². The van der Waals surface area contributed by atoms with E-state index in [-0.39, 0.29) is 10.8 Å². The Kier molecular flexibility index (Phi) is 5.10. The molecule has 0 aromatic heterocycles. The molecule has 22 heavy (non-hydrogen) atoms. The zero-order valence-electron chi connectivity index (χ0n) is 11.4. The molecule has 0 saturated carbocycles. The summed E-state index contributed by atoms with van der Waals surface area (Å²) in [5.74, 6) is -0.224. The molecule has 0 radical (unpaired) electrons. The van der Waals surface area contributed by atoms with Crippen molar-refractivity contribution in [1.29, 1.82) is 0 Å². The van der Waals surface area contributed by atoms with Gasteiger partial charge in [-0.15, -0.1) is 0 Å². The quantitative estimate of drug-likeness (QED) is 0.814. The van der Waals surface area contributed by atoms with Crippen LogP contribution in [0.25, 0.3) is 0 Å². The summed E-state index contributed by atoms with van der Waals surface area (Å²) in [5, 5.41) is 2.97. The Morgan fingerprint density at radius 3 is 2.23 bits per heavy atom. The zero-order chi connectivity index (χ0) is 16.3. The first kappa shape index (κ1) is 16.8. The molecule has 2 N–H and O–H groups in total. The minimum atomic E-state index is -3.72. The molecule has 0 aliphatic rings. The number of hydrogen-bond donors (Lipinski definition) is 2. The SMILES string of the molecule is CC(=O)Nc1ccc(S(=O)(=O)Nc2ccc(Br)c(Cl)c2)cc1. The van der Waals surface area contributed by atoms with E-state index < -0.39 is 10.0 Å². The first-order chi connectivity index (χ1) is 10.3. The van der Waals surface area contributed by atoms with E-state index in [1.807, 2.05) is 0 Å². The molecule has 0 aliphatic carbocycles. The molecule has 2 aromatic carbocycles. The monoisotopic (exact) mass is 402 g/mol. The second-order valence-corrected chi connectivity index (χ2v) is 7.38. The van der Waals surface area contributed by atoms with Crippen molar-refractivity contribution >= 4 is 54.8 Å². The fourth-order valence-electron chi connectivity index (χ4n) is 1.69. The molecule has 0 unspecified atom stereocenters. The zero-order valence-corrected chi connectivity index (χ0v) is 14.6. The molecule has 0 heterocycles. The highest BCUT2D eigenvalue weighted by Gasteiger charge is 2.14. The molecule has 0 atom stereocenters. The molecule has 5 nitrogen and oxygen atoms in total. The molecule has 8 heteroatoms. The van der Waals surface area contributed by atoms with Crippen LogP contribution in [0.1, 0.15) is 6.92 Å². The summed E-state index contributed by atoms with van der Waals surface area (Å²) < 4.78 is 27.7. The van der Waals surface area contributed by atoms with E-state index in [1.165, 1.54) is 37.3 Å². The number of benzene rings is 2. The number of nitrogens with one attached hydrogen (secondary N) is 2. The van der Waals surface area contributed by atoms with E-state index in [0.717, 1.165) is 0 Å². The van der Waals surface area contributed by atoms with Gasteiger partial charge in [-0.1, -0.05) is 11.6 Å². The molecule has 116 valence electrons. The van der Waals surface area contributed by atoms with Crippen molar-refractivity contribution in [2.24, 2.45) is 0 Å². The third-order valence-corrected chi connectivity index (χ3v) is 5.29. The maximum atomic E-state index is 12.3. The van der Waals surface area contributed by atoms with Gasteiger partial charge < -0.3 is 5.32 Å². The molecule has 0 spiro atoms. The molecule has 0 bridgehead atoms. The summed E-state index contributed by atoms with van der Waals surface area (Å²) in [7, 11) is -3.72. The fraction of sp³-hybridized carbons (Fsp3) is 0.0714. The van der Waals surface area contributed by atoms with E-state index >= 15 is 0 Å². The second-order valence-electron chi connectivity index (χ2n) is 4.44. The Morgan fingerprint density at radius 2 is 1.68 bits per heavy atom. The average molecular weight is 404 g/mol. The maximum absolute atomic E-state index is 12.3. The Balaban J connectivity index is 2.22. The van der Waals surface area contributed by atoms with E-state index in [0.29, 0.717) is 20.9 Å². The number of carbonyl (C=O) groups is 1. The van der Waals surface area contributed by atoms with Crippen molar-refractivity contribution in [3.8, 4) is 0 Å². The Morgan fingerprint density at radius 1 is 1.09 bits per heavy atom. The molecule has 2 aromatic rings. The molecule has 0 saturated heterocycles. The first-order valence-corrected chi connectivity index (χ1v) is 8.79. The number of hydrogen-bond acceptors (Lipinski definition) is 3. The van der Waals surface area contributed by atoms with E-state index in [4.69, 9.17) is 11.6 Å². The fourth-order valence-corrected chi connectivity index (χ4v) is 3.17. The number of carbonyl (C=O) groups excluding carboxylic acids is 1. The lowest BCUT2D eigenvalue weighted by Crippen LogP contribution is -2.13. The number of halogens is 2. The van der Waals surface area contributed by atoms with Crippen LogP contribution in [0.5, 0.6) is 0 Å². The minimum Gasteiger partial charge on any atom is -0.326 e. The highest BCUT2D eigenvalue weighted by molar-refractivity contribution is 9.10. The molecule has 2 rings (SSSR count). The van der Waals surface area contributed by atoms with Crippen LogP contribution in [0.4, 0.5) is 11.4 Å². The highest BCUT2D eigenvalue weighted by Crippen LogP contribution is 2.27. The first-order valence-electron chi connectivity index (χ1n) is 6.13. The summed E-state index contributed by atoms with van der Waals surface area (Å²) >= 11 is 9.17. The Hall–Kier alpha value is -1.57. The van der Waals surface area contributed by atoms with Gasteiger partial charge in [-0.2, -0.15) is 0 Å². The summed E-state index contributed by atoms with van der Waals surface area (Å²) in [6.07, 6.45) is 0. The topological polar surface area (TPSA) is 75.3 Å². The third kappa shape index (κ3) is 4.22. The molecule has 1 amide bonds. The summed E-state index contributed by atoms with van der Waals surface area (Å²) in [6, 6.07) is 10.6.